The van der Waals surface area contributed by atoms with E-state index in [-0.39, 0.29) is 5.03 Å². The van der Waals surface area contributed by atoms with Gasteiger partial charge in [0.25, 0.3) is 10.0 Å². The van der Waals surface area contributed by atoms with Crippen LogP contribution in [-0.2, 0) is 10.0 Å². The molecule has 1 unspecified atom stereocenters. The van der Waals surface area contributed by atoms with Gasteiger partial charge in [0.05, 0.1) is 11.4 Å². The van der Waals surface area contributed by atoms with Gasteiger partial charge < -0.3 is 5.73 Å². The Labute approximate surface area is 123 Å². The van der Waals surface area contributed by atoms with Gasteiger partial charge in [0.2, 0.25) is 0 Å². The number of rotatable bonds is 2. The summed E-state index contributed by atoms with van der Waals surface area (Å²) in [5.41, 5.74) is 7.63. The summed E-state index contributed by atoms with van der Waals surface area (Å²) in [5.74, 6) is 0. The second-order valence-corrected chi connectivity index (χ2v) is 6.56. The zero-order valence-electron chi connectivity index (χ0n) is 11.5. The van der Waals surface area contributed by atoms with Gasteiger partial charge >= 0.3 is 0 Å². The predicted molar refractivity (Wildman–Crippen MR) is 82.0 cm³/mol. The van der Waals surface area contributed by atoms with Crippen molar-refractivity contribution in [1.29, 1.82) is 0 Å². The molecule has 1 aromatic heterocycles. The molecule has 1 aliphatic heterocycles. The lowest BCUT2D eigenvalue weighted by atomic mass is 10.1. The lowest BCUT2D eigenvalue weighted by Gasteiger charge is -2.32. The summed E-state index contributed by atoms with van der Waals surface area (Å²) in [5, 5.41) is 0.0539. The topological polar surface area (TPSA) is 76.3 Å². The molecule has 6 heteroatoms. The monoisotopic (exact) mass is 301 g/mol. The van der Waals surface area contributed by atoms with Crippen molar-refractivity contribution in [1.82, 2.24) is 4.98 Å². The SMILES string of the molecule is CC(N)C1=Cc2cccnc2S(=O)(=O)N1c1ccccc1. The molecular formula is C15H15N3O2S. The summed E-state index contributed by atoms with van der Waals surface area (Å²) >= 11 is 0. The van der Waals surface area contributed by atoms with Crippen molar-refractivity contribution in [3.05, 3.63) is 59.9 Å². The molecule has 0 radical (unpaired) electrons. The number of nitrogens with zero attached hydrogens (tertiary/aromatic N) is 2. The molecule has 0 saturated heterocycles. The van der Waals surface area contributed by atoms with Gasteiger partial charge in [-0.15, -0.1) is 0 Å². The van der Waals surface area contributed by atoms with E-state index < -0.39 is 16.1 Å². The van der Waals surface area contributed by atoms with Crippen LogP contribution in [0.2, 0.25) is 0 Å². The number of hydrogen-bond donors (Lipinski definition) is 1. The van der Waals surface area contributed by atoms with Crippen LogP contribution in [0.4, 0.5) is 5.69 Å². The fraction of sp³-hybridized carbons (Fsp3) is 0.133. The third-order valence-corrected chi connectivity index (χ3v) is 5.01. The zero-order valence-corrected chi connectivity index (χ0v) is 12.3. The van der Waals surface area contributed by atoms with E-state index in [1.807, 2.05) is 6.07 Å². The van der Waals surface area contributed by atoms with E-state index in [9.17, 15) is 8.42 Å². The van der Waals surface area contributed by atoms with E-state index in [4.69, 9.17) is 5.73 Å². The van der Waals surface area contributed by atoms with E-state index in [0.717, 1.165) is 0 Å². The first kappa shape index (κ1) is 13.8. The van der Waals surface area contributed by atoms with Crippen molar-refractivity contribution in [3.63, 3.8) is 0 Å². The van der Waals surface area contributed by atoms with Gasteiger partial charge in [0, 0.05) is 17.8 Å². The maximum absolute atomic E-state index is 12.9. The van der Waals surface area contributed by atoms with Crippen molar-refractivity contribution < 1.29 is 8.42 Å². The maximum Gasteiger partial charge on any atom is 0.286 e. The minimum absolute atomic E-state index is 0.0539. The van der Waals surface area contributed by atoms with E-state index >= 15 is 0 Å². The number of anilines is 1. The molecule has 0 aliphatic carbocycles. The highest BCUT2D eigenvalue weighted by Crippen LogP contribution is 2.34. The summed E-state index contributed by atoms with van der Waals surface area (Å²) in [7, 11) is -3.76. The van der Waals surface area contributed by atoms with E-state index in [0.29, 0.717) is 16.9 Å². The molecule has 3 rings (SSSR count). The molecule has 2 aromatic rings. The van der Waals surface area contributed by atoms with Crippen molar-refractivity contribution in [3.8, 4) is 0 Å². The number of aromatic nitrogens is 1. The largest absolute Gasteiger partial charge is 0.323 e. The van der Waals surface area contributed by atoms with Gasteiger partial charge in [-0.25, -0.2) is 9.29 Å². The van der Waals surface area contributed by atoms with Crippen LogP contribution < -0.4 is 10.0 Å². The Morgan fingerprint density at radius 2 is 1.86 bits per heavy atom. The fourth-order valence-electron chi connectivity index (χ4n) is 2.34. The Hall–Kier alpha value is -2.18. The standard InChI is InChI=1S/C15H15N3O2S/c1-11(16)14-10-12-6-5-9-17-15(12)21(19,20)18(14)13-7-3-2-4-8-13/h2-11H,16H2,1H3. The molecule has 0 fully saturated rings. The Bertz CT molecular complexity index is 799. The van der Waals surface area contributed by atoms with Crippen LogP contribution in [-0.4, -0.2) is 19.4 Å². The molecule has 2 N–H and O–H groups in total. The van der Waals surface area contributed by atoms with Crippen LogP contribution in [0.3, 0.4) is 0 Å². The number of sulfonamides is 1. The first-order valence-electron chi connectivity index (χ1n) is 6.54. The average molecular weight is 301 g/mol. The predicted octanol–water partition coefficient (Wildman–Crippen LogP) is 1.98. The molecule has 21 heavy (non-hydrogen) atoms. The van der Waals surface area contributed by atoms with Crippen molar-refractivity contribution in [2.75, 3.05) is 4.31 Å². The summed E-state index contributed by atoms with van der Waals surface area (Å²) in [6.07, 6.45) is 3.26. The molecule has 1 aromatic carbocycles. The first-order valence-corrected chi connectivity index (χ1v) is 7.98. The second kappa shape index (κ2) is 4.98. The Morgan fingerprint density at radius 3 is 2.52 bits per heavy atom. The normalized spacial score (nSPS) is 17.8. The lowest BCUT2D eigenvalue weighted by Crippen LogP contribution is -2.40. The smallest absolute Gasteiger partial charge is 0.286 e. The summed E-state index contributed by atoms with van der Waals surface area (Å²) in [4.78, 5) is 4.03. The molecule has 0 amide bonds. The lowest BCUT2D eigenvalue weighted by molar-refractivity contribution is 0.587. The average Bonchev–Trinajstić information content (AvgIpc) is 2.47. The minimum Gasteiger partial charge on any atom is -0.323 e. The highest BCUT2D eigenvalue weighted by Gasteiger charge is 2.35. The van der Waals surface area contributed by atoms with Gasteiger partial charge in [-0.05, 0) is 31.2 Å². The number of benzene rings is 1. The minimum atomic E-state index is -3.76. The fourth-order valence-corrected chi connectivity index (χ4v) is 4.03. The third-order valence-electron chi connectivity index (χ3n) is 3.28. The molecule has 5 nitrogen and oxygen atoms in total. The van der Waals surface area contributed by atoms with E-state index in [1.54, 1.807) is 49.4 Å². The molecule has 108 valence electrons. The van der Waals surface area contributed by atoms with E-state index in [2.05, 4.69) is 4.98 Å². The number of fused-ring (bicyclic) bond motifs is 1. The molecule has 2 heterocycles. The Morgan fingerprint density at radius 1 is 1.14 bits per heavy atom. The summed E-state index contributed by atoms with van der Waals surface area (Å²) in [6.45, 7) is 1.76. The van der Waals surface area contributed by atoms with Gasteiger partial charge in [-0.1, -0.05) is 24.3 Å². The number of pyridine rings is 1. The maximum atomic E-state index is 12.9. The highest BCUT2D eigenvalue weighted by molar-refractivity contribution is 7.93. The van der Waals surface area contributed by atoms with Crippen LogP contribution in [0.1, 0.15) is 12.5 Å². The summed E-state index contributed by atoms with van der Waals surface area (Å²) in [6, 6.07) is 11.9. The highest BCUT2D eigenvalue weighted by atomic mass is 32.2. The molecule has 1 atom stereocenters. The zero-order chi connectivity index (χ0) is 15.0. The Balaban J connectivity index is 2.29. The van der Waals surface area contributed by atoms with Crippen molar-refractivity contribution in [2.24, 2.45) is 5.73 Å². The van der Waals surface area contributed by atoms with Crippen molar-refractivity contribution in [2.45, 2.75) is 18.0 Å². The molecular weight excluding hydrogens is 286 g/mol. The van der Waals surface area contributed by atoms with Gasteiger partial charge in [-0.2, -0.15) is 8.42 Å². The number of hydrogen-bond acceptors (Lipinski definition) is 4. The first-order chi connectivity index (χ1) is 10.0. The van der Waals surface area contributed by atoms with Crippen LogP contribution >= 0.6 is 0 Å². The molecule has 1 aliphatic rings. The summed E-state index contributed by atoms with van der Waals surface area (Å²) < 4.78 is 27.0. The van der Waals surface area contributed by atoms with Crippen LogP contribution in [0.5, 0.6) is 0 Å². The third kappa shape index (κ3) is 2.22. The van der Waals surface area contributed by atoms with Gasteiger partial charge in [0.1, 0.15) is 0 Å². The van der Waals surface area contributed by atoms with E-state index in [1.165, 1.54) is 10.5 Å². The Kier molecular flexibility index (Phi) is 3.27. The number of para-hydroxylation sites is 1. The van der Waals surface area contributed by atoms with Crippen LogP contribution in [0.15, 0.2) is 59.4 Å². The second-order valence-electron chi connectivity index (χ2n) is 4.86. The van der Waals surface area contributed by atoms with Gasteiger partial charge in [0.15, 0.2) is 5.03 Å². The van der Waals surface area contributed by atoms with Crippen molar-refractivity contribution >= 4 is 21.8 Å². The van der Waals surface area contributed by atoms with Crippen LogP contribution in [0.25, 0.3) is 6.08 Å². The molecule has 0 saturated carbocycles. The van der Waals surface area contributed by atoms with Crippen LogP contribution in [0, 0.1) is 0 Å². The quantitative estimate of drug-likeness (QED) is 0.920. The molecule has 0 spiro atoms. The molecule has 0 bridgehead atoms. The van der Waals surface area contributed by atoms with Gasteiger partial charge in [-0.3, -0.25) is 0 Å². The number of nitrogens with two attached hydrogens (primary N) is 1.